The molecule has 2 aromatic carbocycles. The number of hydrogen-bond donors (Lipinski definition) is 0. The lowest BCUT2D eigenvalue weighted by Crippen LogP contribution is -2.14. The van der Waals surface area contributed by atoms with Crippen molar-refractivity contribution >= 4 is 0 Å². The Balaban J connectivity index is 1.90. The van der Waals surface area contributed by atoms with Crippen molar-refractivity contribution in [2.75, 3.05) is 0 Å². The SMILES string of the molecule is CCC1CCc2cc(C#Cc3ccc(F)c(F)c3)c(F)cc2C1. The normalized spacial score (nSPS) is 16.4. The zero-order valence-electron chi connectivity index (χ0n) is 12.9. The topological polar surface area (TPSA) is 0 Å². The van der Waals surface area contributed by atoms with E-state index in [1.165, 1.54) is 6.07 Å². The zero-order chi connectivity index (χ0) is 16.4. The molecule has 0 radical (unpaired) electrons. The molecular weight excluding hydrogens is 297 g/mol. The Hall–Kier alpha value is -2.21. The van der Waals surface area contributed by atoms with Gasteiger partial charge in [-0.25, -0.2) is 13.2 Å². The molecule has 23 heavy (non-hydrogen) atoms. The van der Waals surface area contributed by atoms with Gasteiger partial charge in [0.1, 0.15) is 5.82 Å². The van der Waals surface area contributed by atoms with Crippen molar-refractivity contribution in [2.24, 2.45) is 5.92 Å². The van der Waals surface area contributed by atoms with Crippen LogP contribution in [0.4, 0.5) is 13.2 Å². The predicted molar refractivity (Wildman–Crippen MR) is 84.5 cm³/mol. The van der Waals surface area contributed by atoms with Gasteiger partial charge in [0.05, 0.1) is 5.56 Å². The highest BCUT2D eigenvalue weighted by atomic mass is 19.2. The summed E-state index contributed by atoms with van der Waals surface area (Å²) < 4.78 is 40.3. The van der Waals surface area contributed by atoms with Gasteiger partial charge in [-0.15, -0.1) is 0 Å². The first-order valence-corrected chi connectivity index (χ1v) is 7.85. The van der Waals surface area contributed by atoms with Crippen molar-refractivity contribution < 1.29 is 13.2 Å². The standard InChI is InChI=1S/C20H17F3/c1-2-13-3-6-15-11-16(19(22)12-17(15)9-13)7-4-14-5-8-18(21)20(23)10-14/h5,8,10-13H,2-3,6,9H2,1H3. The van der Waals surface area contributed by atoms with E-state index in [9.17, 15) is 13.2 Å². The number of halogens is 3. The average molecular weight is 314 g/mol. The minimum Gasteiger partial charge on any atom is -0.206 e. The lowest BCUT2D eigenvalue weighted by molar-refractivity contribution is 0.443. The number of rotatable bonds is 1. The molecule has 0 aromatic heterocycles. The van der Waals surface area contributed by atoms with Crippen LogP contribution in [-0.2, 0) is 12.8 Å². The van der Waals surface area contributed by atoms with Gasteiger partial charge in [-0.3, -0.25) is 0 Å². The fourth-order valence-electron chi connectivity index (χ4n) is 3.01. The molecule has 0 heterocycles. The van der Waals surface area contributed by atoms with Crippen LogP contribution in [0, 0.1) is 35.2 Å². The van der Waals surface area contributed by atoms with Crippen molar-refractivity contribution in [3.05, 3.63) is 70.0 Å². The van der Waals surface area contributed by atoms with E-state index in [4.69, 9.17) is 0 Å². The van der Waals surface area contributed by atoms with Crippen LogP contribution >= 0.6 is 0 Å². The second-order valence-corrected chi connectivity index (χ2v) is 6.00. The molecule has 0 spiro atoms. The second kappa shape index (κ2) is 6.50. The monoisotopic (exact) mass is 314 g/mol. The van der Waals surface area contributed by atoms with Crippen molar-refractivity contribution in [2.45, 2.75) is 32.6 Å². The lowest BCUT2D eigenvalue weighted by atomic mass is 9.82. The Labute approximate surface area is 134 Å². The summed E-state index contributed by atoms with van der Waals surface area (Å²) in [7, 11) is 0. The molecule has 0 saturated heterocycles. The van der Waals surface area contributed by atoms with Gasteiger partial charge in [0.2, 0.25) is 0 Å². The fraction of sp³-hybridized carbons (Fsp3) is 0.300. The molecule has 1 aliphatic carbocycles. The molecule has 0 bridgehead atoms. The summed E-state index contributed by atoms with van der Waals surface area (Å²) >= 11 is 0. The third-order valence-corrected chi connectivity index (χ3v) is 4.46. The van der Waals surface area contributed by atoms with E-state index in [1.807, 2.05) is 0 Å². The van der Waals surface area contributed by atoms with Gasteiger partial charge in [-0.1, -0.05) is 25.2 Å². The molecule has 0 N–H and O–H groups in total. The van der Waals surface area contributed by atoms with Crippen molar-refractivity contribution in [3.63, 3.8) is 0 Å². The molecule has 0 saturated carbocycles. The summed E-state index contributed by atoms with van der Waals surface area (Å²) in [5, 5.41) is 0. The van der Waals surface area contributed by atoms with Crippen LogP contribution in [0.5, 0.6) is 0 Å². The molecule has 0 fully saturated rings. The Morgan fingerprint density at radius 2 is 1.78 bits per heavy atom. The number of aryl methyl sites for hydroxylation is 1. The molecule has 118 valence electrons. The quantitative estimate of drug-likeness (QED) is 0.648. The molecule has 2 aromatic rings. The van der Waals surface area contributed by atoms with E-state index >= 15 is 0 Å². The summed E-state index contributed by atoms with van der Waals surface area (Å²) in [6.07, 6.45) is 4.08. The Morgan fingerprint density at radius 1 is 0.957 bits per heavy atom. The molecule has 3 rings (SSSR count). The van der Waals surface area contributed by atoms with Crippen molar-refractivity contribution in [3.8, 4) is 11.8 Å². The molecule has 1 atom stereocenters. The highest BCUT2D eigenvalue weighted by molar-refractivity contribution is 5.47. The maximum absolute atomic E-state index is 14.2. The Bertz CT molecular complexity index is 797. The van der Waals surface area contributed by atoms with Crippen LogP contribution in [0.1, 0.15) is 42.0 Å². The zero-order valence-corrected chi connectivity index (χ0v) is 12.9. The van der Waals surface area contributed by atoms with Gasteiger partial charge in [0, 0.05) is 5.56 Å². The molecule has 0 nitrogen and oxygen atoms in total. The smallest absolute Gasteiger partial charge is 0.160 e. The summed E-state index contributed by atoms with van der Waals surface area (Å²) in [6.45, 7) is 2.16. The molecule has 3 heteroatoms. The minimum absolute atomic E-state index is 0.309. The fourth-order valence-corrected chi connectivity index (χ4v) is 3.01. The highest BCUT2D eigenvalue weighted by Crippen LogP contribution is 2.29. The third-order valence-electron chi connectivity index (χ3n) is 4.46. The highest BCUT2D eigenvalue weighted by Gasteiger charge is 2.19. The first-order valence-electron chi connectivity index (χ1n) is 7.85. The minimum atomic E-state index is -0.951. The lowest BCUT2D eigenvalue weighted by Gasteiger charge is -2.23. The van der Waals surface area contributed by atoms with Crippen LogP contribution in [-0.4, -0.2) is 0 Å². The molecule has 1 aliphatic rings. The number of benzene rings is 2. The van der Waals surface area contributed by atoms with E-state index in [2.05, 4.69) is 18.8 Å². The van der Waals surface area contributed by atoms with E-state index in [0.717, 1.165) is 48.9 Å². The maximum atomic E-state index is 14.2. The largest absolute Gasteiger partial charge is 0.206 e. The molecular formula is C20H17F3. The number of fused-ring (bicyclic) bond motifs is 1. The van der Waals surface area contributed by atoms with E-state index in [1.54, 1.807) is 12.1 Å². The molecule has 0 amide bonds. The van der Waals surface area contributed by atoms with Gasteiger partial charge in [0.25, 0.3) is 0 Å². The van der Waals surface area contributed by atoms with Crippen LogP contribution in [0.25, 0.3) is 0 Å². The van der Waals surface area contributed by atoms with Gasteiger partial charge >= 0.3 is 0 Å². The van der Waals surface area contributed by atoms with E-state index in [0.29, 0.717) is 17.0 Å². The Kier molecular flexibility index (Phi) is 4.43. The van der Waals surface area contributed by atoms with Crippen molar-refractivity contribution in [1.82, 2.24) is 0 Å². The van der Waals surface area contributed by atoms with Gasteiger partial charge in [-0.2, -0.15) is 0 Å². The first-order chi connectivity index (χ1) is 11.1. The second-order valence-electron chi connectivity index (χ2n) is 6.00. The first kappa shape index (κ1) is 15.7. The van der Waals surface area contributed by atoms with Crippen LogP contribution in [0.15, 0.2) is 30.3 Å². The van der Waals surface area contributed by atoms with Crippen LogP contribution in [0.3, 0.4) is 0 Å². The maximum Gasteiger partial charge on any atom is 0.160 e. The van der Waals surface area contributed by atoms with E-state index in [-0.39, 0.29) is 5.82 Å². The van der Waals surface area contributed by atoms with Gasteiger partial charge < -0.3 is 0 Å². The Morgan fingerprint density at radius 3 is 2.52 bits per heavy atom. The van der Waals surface area contributed by atoms with Gasteiger partial charge in [-0.05, 0) is 66.6 Å². The van der Waals surface area contributed by atoms with Crippen LogP contribution in [0.2, 0.25) is 0 Å². The van der Waals surface area contributed by atoms with Gasteiger partial charge in [0.15, 0.2) is 11.6 Å². The summed E-state index contributed by atoms with van der Waals surface area (Å²) in [5.41, 5.74) is 2.85. The summed E-state index contributed by atoms with van der Waals surface area (Å²) in [4.78, 5) is 0. The predicted octanol–water partition coefficient (Wildman–Crippen LogP) is 5.02. The van der Waals surface area contributed by atoms with Crippen LogP contribution < -0.4 is 0 Å². The summed E-state index contributed by atoms with van der Waals surface area (Å²) in [5.74, 6) is 3.85. The number of hydrogen-bond acceptors (Lipinski definition) is 0. The van der Waals surface area contributed by atoms with E-state index < -0.39 is 11.6 Å². The van der Waals surface area contributed by atoms with Crippen molar-refractivity contribution in [1.29, 1.82) is 0 Å². The molecule has 0 aliphatic heterocycles. The molecule has 1 unspecified atom stereocenters. The third kappa shape index (κ3) is 3.42. The average Bonchev–Trinajstić information content (AvgIpc) is 2.55. The summed E-state index contributed by atoms with van der Waals surface area (Å²) in [6, 6.07) is 6.79.